The lowest BCUT2D eigenvalue weighted by Gasteiger charge is -2.05. The summed E-state index contributed by atoms with van der Waals surface area (Å²) in [6.45, 7) is -0.141. The molecule has 0 unspecified atom stereocenters. The molecular formula is C10H12N2O6S. The Hall–Kier alpha value is -2.00. The molecule has 1 aromatic carbocycles. The number of methoxy groups -OCH3 is 1. The van der Waals surface area contributed by atoms with E-state index in [-0.39, 0.29) is 23.5 Å². The molecule has 1 N–H and O–H groups in total. The number of sulfonamides is 1. The quantitative estimate of drug-likeness (QED) is 0.461. The standard InChI is InChI=1S/C10H12N2O6S/c1-18-10(13)5-6-11-19(16,17)9-4-2-3-8(7-9)12(14)15/h2-4,7,11H,5-6H2,1H3. The van der Waals surface area contributed by atoms with Crippen molar-refractivity contribution in [2.45, 2.75) is 11.3 Å². The molecule has 0 heterocycles. The number of nitro benzene ring substituents is 1. The molecule has 0 bridgehead atoms. The summed E-state index contributed by atoms with van der Waals surface area (Å²) in [5, 5.41) is 10.6. The molecule has 0 aliphatic rings. The van der Waals surface area contributed by atoms with Gasteiger partial charge in [0.1, 0.15) is 0 Å². The number of benzene rings is 1. The molecule has 1 aromatic rings. The van der Waals surface area contributed by atoms with Crippen LogP contribution in [0, 0.1) is 10.1 Å². The summed E-state index contributed by atoms with van der Waals surface area (Å²) in [6.07, 6.45) is -0.120. The lowest BCUT2D eigenvalue weighted by molar-refractivity contribution is -0.385. The third kappa shape index (κ3) is 4.30. The number of ether oxygens (including phenoxy) is 1. The van der Waals surface area contributed by atoms with E-state index in [9.17, 15) is 23.3 Å². The number of carbonyl (C=O) groups excluding carboxylic acids is 1. The van der Waals surface area contributed by atoms with Gasteiger partial charge in [0, 0.05) is 18.7 Å². The third-order valence-corrected chi connectivity index (χ3v) is 3.65. The Morgan fingerprint density at radius 1 is 1.47 bits per heavy atom. The summed E-state index contributed by atoms with van der Waals surface area (Å²) in [5.74, 6) is -0.554. The van der Waals surface area contributed by atoms with E-state index in [1.165, 1.54) is 25.3 Å². The number of nitro groups is 1. The van der Waals surface area contributed by atoms with Gasteiger partial charge in [0.2, 0.25) is 10.0 Å². The van der Waals surface area contributed by atoms with Crippen LogP contribution in [0.1, 0.15) is 6.42 Å². The van der Waals surface area contributed by atoms with Crippen molar-refractivity contribution < 1.29 is 22.9 Å². The van der Waals surface area contributed by atoms with Gasteiger partial charge in [-0.25, -0.2) is 13.1 Å². The molecule has 0 aliphatic heterocycles. The van der Waals surface area contributed by atoms with Crippen molar-refractivity contribution >= 4 is 21.7 Å². The number of hydrogen-bond donors (Lipinski definition) is 1. The number of nitrogens with zero attached hydrogens (tertiary/aromatic N) is 1. The van der Waals surface area contributed by atoms with Crippen LogP contribution in [0.2, 0.25) is 0 Å². The van der Waals surface area contributed by atoms with E-state index in [0.717, 1.165) is 6.07 Å². The maximum absolute atomic E-state index is 11.8. The van der Waals surface area contributed by atoms with Crippen molar-refractivity contribution in [2.75, 3.05) is 13.7 Å². The van der Waals surface area contributed by atoms with Crippen LogP contribution < -0.4 is 4.72 Å². The Kier molecular flexibility index (Phi) is 4.95. The predicted octanol–water partition coefficient (Wildman–Crippen LogP) is 0.436. The first-order valence-electron chi connectivity index (χ1n) is 5.18. The summed E-state index contributed by atoms with van der Waals surface area (Å²) in [4.78, 5) is 20.5. The lowest BCUT2D eigenvalue weighted by atomic mass is 10.3. The van der Waals surface area contributed by atoms with Crippen molar-refractivity contribution in [3.05, 3.63) is 34.4 Å². The highest BCUT2D eigenvalue weighted by molar-refractivity contribution is 7.89. The van der Waals surface area contributed by atoms with E-state index < -0.39 is 20.9 Å². The van der Waals surface area contributed by atoms with Crippen molar-refractivity contribution in [1.29, 1.82) is 0 Å². The minimum Gasteiger partial charge on any atom is -0.469 e. The molecule has 0 fully saturated rings. The second-order valence-electron chi connectivity index (χ2n) is 3.48. The highest BCUT2D eigenvalue weighted by Gasteiger charge is 2.17. The van der Waals surface area contributed by atoms with Gasteiger partial charge in [0.25, 0.3) is 5.69 Å². The van der Waals surface area contributed by atoms with E-state index in [0.29, 0.717) is 0 Å². The van der Waals surface area contributed by atoms with Gasteiger partial charge in [-0.2, -0.15) is 0 Å². The van der Waals surface area contributed by atoms with Crippen LogP contribution in [0.25, 0.3) is 0 Å². The molecule has 9 heteroatoms. The fraction of sp³-hybridized carbons (Fsp3) is 0.300. The molecule has 104 valence electrons. The fourth-order valence-electron chi connectivity index (χ4n) is 1.24. The molecule has 8 nitrogen and oxygen atoms in total. The number of hydrogen-bond acceptors (Lipinski definition) is 6. The van der Waals surface area contributed by atoms with Gasteiger partial charge in [-0.3, -0.25) is 14.9 Å². The molecule has 0 saturated carbocycles. The van der Waals surface area contributed by atoms with E-state index in [4.69, 9.17) is 0 Å². The minimum absolute atomic E-state index is 0.120. The number of esters is 1. The Morgan fingerprint density at radius 3 is 2.74 bits per heavy atom. The van der Waals surface area contributed by atoms with E-state index >= 15 is 0 Å². The first-order valence-corrected chi connectivity index (χ1v) is 6.66. The third-order valence-electron chi connectivity index (χ3n) is 2.19. The smallest absolute Gasteiger partial charge is 0.306 e. The molecule has 0 atom stereocenters. The predicted molar refractivity (Wildman–Crippen MR) is 64.9 cm³/mol. The van der Waals surface area contributed by atoms with E-state index in [1.807, 2.05) is 0 Å². The summed E-state index contributed by atoms with van der Waals surface area (Å²) < 4.78 is 30.1. The molecule has 0 spiro atoms. The van der Waals surface area contributed by atoms with Gasteiger partial charge in [-0.15, -0.1) is 0 Å². The Balaban J connectivity index is 2.80. The molecular weight excluding hydrogens is 276 g/mol. The first kappa shape index (κ1) is 15.1. The highest BCUT2D eigenvalue weighted by atomic mass is 32.2. The van der Waals surface area contributed by atoms with Crippen molar-refractivity contribution in [2.24, 2.45) is 0 Å². The summed E-state index contributed by atoms with van der Waals surface area (Å²) >= 11 is 0. The lowest BCUT2D eigenvalue weighted by Crippen LogP contribution is -2.26. The van der Waals surface area contributed by atoms with E-state index in [2.05, 4.69) is 9.46 Å². The maximum atomic E-state index is 11.8. The van der Waals surface area contributed by atoms with E-state index in [1.54, 1.807) is 0 Å². The van der Waals surface area contributed by atoms with Gasteiger partial charge < -0.3 is 4.74 Å². The second kappa shape index (κ2) is 6.25. The minimum atomic E-state index is -3.88. The topological polar surface area (TPSA) is 116 Å². The summed E-state index contributed by atoms with van der Waals surface area (Å²) in [5.41, 5.74) is -0.323. The monoisotopic (exact) mass is 288 g/mol. The highest BCUT2D eigenvalue weighted by Crippen LogP contribution is 2.16. The average molecular weight is 288 g/mol. The van der Waals surface area contributed by atoms with Gasteiger partial charge >= 0.3 is 5.97 Å². The van der Waals surface area contributed by atoms with Crippen LogP contribution in [0.4, 0.5) is 5.69 Å². The number of rotatable bonds is 6. The van der Waals surface area contributed by atoms with Gasteiger partial charge in [0.05, 0.1) is 23.3 Å². The molecule has 0 saturated heterocycles. The number of carbonyl (C=O) groups is 1. The van der Waals surface area contributed by atoms with Crippen molar-refractivity contribution in [3.8, 4) is 0 Å². The zero-order valence-electron chi connectivity index (χ0n) is 10.0. The summed E-state index contributed by atoms with van der Waals surface area (Å²) in [6, 6.07) is 4.63. The van der Waals surface area contributed by atoms with Crippen LogP contribution in [0.5, 0.6) is 0 Å². The summed E-state index contributed by atoms with van der Waals surface area (Å²) in [7, 11) is -2.69. The number of non-ortho nitro benzene ring substituents is 1. The normalized spacial score (nSPS) is 11.0. The maximum Gasteiger partial charge on any atom is 0.306 e. The van der Waals surface area contributed by atoms with Crippen LogP contribution in [0.3, 0.4) is 0 Å². The van der Waals surface area contributed by atoms with Crippen molar-refractivity contribution in [3.63, 3.8) is 0 Å². The Bertz CT molecular complexity index is 583. The molecule has 0 amide bonds. The van der Waals surface area contributed by atoms with Gasteiger partial charge in [-0.05, 0) is 6.07 Å². The molecule has 19 heavy (non-hydrogen) atoms. The van der Waals surface area contributed by atoms with Crippen LogP contribution in [-0.2, 0) is 19.6 Å². The largest absolute Gasteiger partial charge is 0.469 e. The zero-order chi connectivity index (χ0) is 14.5. The van der Waals surface area contributed by atoms with Gasteiger partial charge in [-0.1, -0.05) is 6.07 Å². The van der Waals surface area contributed by atoms with Crippen molar-refractivity contribution in [1.82, 2.24) is 4.72 Å². The fourth-order valence-corrected chi connectivity index (χ4v) is 2.31. The molecule has 1 rings (SSSR count). The Morgan fingerprint density at radius 2 is 2.16 bits per heavy atom. The van der Waals surface area contributed by atoms with Gasteiger partial charge in [0.15, 0.2) is 0 Å². The number of nitrogens with one attached hydrogen (secondary N) is 1. The SMILES string of the molecule is COC(=O)CCNS(=O)(=O)c1cccc([N+](=O)[O-])c1. The van der Waals surface area contributed by atoms with Crippen LogP contribution in [0.15, 0.2) is 29.2 Å². The van der Waals surface area contributed by atoms with Crippen LogP contribution >= 0.6 is 0 Å². The Labute approximate surface area is 109 Å². The second-order valence-corrected chi connectivity index (χ2v) is 5.25. The van der Waals surface area contributed by atoms with Crippen LogP contribution in [-0.4, -0.2) is 33.0 Å². The molecule has 0 aromatic heterocycles. The first-order chi connectivity index (χ1) is 8.86. The average Bonchev–Trinajstić information content (AvgIpc) is 2.38. The molecule has 0 aliphatic carbocycles. The zero-order valence-corrected chi connectivity index (χ0v) is 10.8. The molecule has 0 radical (unpaired) electrons.